The van der Waals surface area contributed by atoms with E-state index in [0.717, 1.165) is 6.07 Å². The van der Waals surface area contributed by atoms with Crippen molar-refractivity contribution in [2.45, 2.75) is 18.5 Å². The van der Waals surface area contributed by atoms with Crippen LogP contribution < -0.4 is 5.73 Å². The number of amidine groups is 1. The van der Waals surface area contributed by atoms with Gasteiger partial charge in [0, 0.05) is 35.4 Å². The predicted molar refractivity (Wildman–Crippen MR) is 120 cm³/mol. The molecule has 0 fully saturated rings. The maximum atomic E-state index is 12.2. The Morgan fingerprint density at radius 2 is 1.34 bits per heavy atom. The molecule has 0 atom stereocenters. The number of nitro groups is 2. The standard InChI is InChI=1S/C9H4F3N3O3.C7H7N3O3.C4F6O3/c10-9(11,12)8-13-7(14-18-8)5-2-1-3-6(4-5)15(16)17;8-7(9-11)5-2-1-3-6(4-5)10(12)13;5-3(6,7)1(11)13-2(12)4(8,9)10/h1-4H;1-4,11H,(H2,8,9);. The lowest BCUT2D eigenvalue weighted by Crippen LogP contribution is -2.34. The third-order valence-corrected chi connectivity index (χ3v) is 4.09. The van der Waals surface area contributed by atoms with Crippen LogP contribution in [0.2, 0.25) is 0 Å². The lowest BCUT2D eigenvalue weighted by molar-refractivity contribution is -0.385. The first-order chi connectivity index (χ1) is 20.1. The number of hydrogen-bond donors (Lipinski definition) is 2. The summed E-state index contributed by atoms with van der Waals surface area (Å²) in [7, 11) is 0. The minimum atomic E-state index is -5.62. The van der Waals surface area contributed by atoms with Gasteiger partial charge in [0.25, 0.3) is 11.4 Å². The summed E-state index contributed by atoms with van der Waals surface area (Å²) >= 11 is 0. The van der Waals surface area contributed by atoms with Gasteiger partial charge in [0.05, 0.1) is 9.85 Å². The molecule has 3 rings (SSSR count). The first kappa shape index (κ1) is 36.2. The van der Waals surface area contributed by atoms with Crippen molar-refractivity contribution in [3.05, 3.63) is 80.2 Å². The molecular weight excluding hydrogens is 639 g/mol. The van der Waals surface area contributed by atoms with Crippen LogP contribution in [0.25, 0.3) is 11.4 Å². The van der Waals surface area contributed by atoms with Gasteiger partial charge in [-0.3, -0.25) is 20.2 Å². The zero-order chi connectivity index (χ0) is 34.0. The Balaban J connectivity index is 0.000000338. The van der Waals surface area contributed by atoms with Gasteiger partial charge in [0.1, 0.15) is 0 Å². The van der Waals surface area contributed by atoms with Crippen molar-refractivity contribution in [3.8, 4) is 11.4 Å². The van der Waals surface area contributed by atoms with E-state index in [2.05, 4.69) is 24.6 Å². The van der Waals surface area contributed by atoms with Crippen molar-refractivity contribution >= 4 is 29.1 Å². The van der Waals surface area contributed by atoms with Crippen molar-refractivity contribution in [1.29, 1.82) is 0 Å². The predicted octanol–water partition coefficient (Wildman–Crippen LogP) is 4.53. The van der Waals surface area contributed by atoms with Crippen molar-refractivity contribution in [2.75, 3.05) is 0 Å². The summed E-state index contributed by atoms with van der Waals surface area (Å²) in [6.45, 7) is 0. The molecule has 44 heavy (non-hydrogen) atoms. The van der Waals surface area contributed by atoms with Gasteiger partial charge in [-0.25, -0.2) is 9.59 Å². The number of nitrogens with two attached hydrogens (primary N) is 1. The fourth-order valence-electron chi connectivity index (χ4n) is 2.25. The molecule has 3 N–H and O–H groups in total. The minimum Gasteiger partial charge on any atom is -0.409 e. The maximum Gasteiger partial charge on any atom is 0.491 e. The summed E-state index contributed by atoms with van der Waals surface area (Å²) in [5.74, 6) is -8.40. The molecule has 0 aliphatic carbocycles. The monoisotopic (exact) mass is 650 g/mol. The molecule has 1 aromatic heterocycles. The second kappa shape index (κ2) is 14.4. The summed E-state index contributed by atoms with van der Waals surface area (Å²) in [5, 5.41) is 35.0. The Labute approximate surface area is 234 Å². The molecular formula is C20H11F9N6O9. The summed E-state index contributed by atoms with van der Waals surface area (Å²) in [5.41, 5.74) is 5.26. The number of carbonyl (C=O) groups excluding carboxylic acids is 2. The number of carbonyl (C=O) groups is 2. The van der Waals surface area contributed by atoms with E-state index in [1.165, 1.54) is 42.5 Å². The van der Waals surface area contributed by atoms with Crippen LogP contribution in [0.3, 0.4) is 0 Å². The van der Waals surface area contributed by atoms with Crippen molar-refractivity contribution in [1.82, 2.24) is 10.1 Å². The third kappa shape index (κ3) is 11.2. The van der Waals surface area contributed by atoms with Crippen LogP contribution in [-0.4, -0.2) is 55.3 Å². The SMILES string of the molecule is N/C(=N\O)c1cccc([N+](=O)[O-])c1.O=C(OC(=O)C(F)(F)F)C(F)(F)F.O=[N+]([O-])c1cccc(-c2noc(C(F)(F)F)n2)c1. The van der Waals surface area contributed by atoms with Crippen LogP contribution in [0.4, 0.5) is 50.9 Å². The van der Waals surface area contributed by atoms with E-state index in [1.54, 1.807) is 0 Å². The molecule has 0 unspecified atom stereocenters. The average Bonchev–Trinajstić information content (AvgIpc) is 3.44. The molecule has 1 heterocycles. The molecule has 0 saturated heterocycles. The quantitative estimate of drug-likeness (QED) is 0.0580. The molecule has 0 aliphatic rings. The van der Waals surface area contributed by atoms with Gasteiger partial charge in [-0.05, 0) is 0 Å². The van der Waals surface area contributed by atoms with E-state index in [9.17, 15) is 69.3 Å². The van der Waals surface area contributed by atoms with E-state index in [0.29, 0.717) is 5.56 Å². The molecule has 238 valence electrons. The van der Waals surface area contributed by atoms with E-state index in [1.807, 2.05) is 0 Å². The normalized spacial score (nSPS) is 11.7. The van der Waals surface area contributed by atoms with Crippen molar-refractivity contribution < 1.29 is 73.4 Å². The zero-order valence-corrected chi connectivity index (χ0v) is 20.5. The lowest BCUT2D eigenvalue weighted by Gasteiger charge is -2.06. The van der Waals surface area contributed by atoms with Crippen LogP contribution >= 0.6 is 0 Å². The van der Waals surface area contributed by atoms with Crippen LogP contribution in [0.1, 0.15) is 11.5 Å². The Morgan fingerprint density at radius 1 is 0.864 bits per heavy atom. The summed E-state index contributed by atoms with van der Waals surface area (Å²) < 4.78 is 110. The molecule has 0 aliphatic heterocycles. The molecule has 0 spiro atoms. The first-order valence-corrected chi connectivity index (χ1v) is 10.4. The van der Waals surface area contributed by atoms with E-state index < -0.39 is 46.2 Å². The number of benzene rings is 2. The summed E-state index contributed by atoms with van der Waals surface area (Å²) in [4.78, 5) is 42.1. The number of nitro benzene ring substituents is 2. The highest BCUT2D eigenvalue weighted by Gasteiger charge is 2.49. The molecule has 0 bridgehead atoms. The Hall–Kier alpha value is -5.84. The number of halogens is 9. The highest BCUT2D eigenvalue weighted by atomic mass is 19.4. The Kier molecular flexibility index (Phi) is 11.8. The highest BCUT2D eigenvalue weighted by molar-refractivity contribution is 5.97. The Morgan fingerprint density at radius 3 is 1.75 bits per heavy atom. The van der Waals surface area contributed by atoms with Crippen LogP contribution in [-0.2, 0) is 20.5 Å². The number of hydrogen-bond acceptors (Lipinski definition) is 12. The molecule has 24 heteroatoms. The minimum absolute atomic E-state index is 0.0726. The first-order valence-electron chi connectivity index (χ1n) is 10.4. The van der Waals surface area contributed by atoms with Crippen LogP contribution in [0, 0.1) is 20.2 Å². The number of rotatable bonds is 4. The largest absolute Gasteiger partial charge is 0.491 e. The number of esters is 2. The van der Waals surface area contributed by atoms with Gasteiger partial charge in [0.2, 0.25) is 5.82 Å². The smallest absolute Gasteiger partial charge is 0.409 e. The van der Waals surface area contributed by atoms with Gasteiger partial charge in [-0.15, -0.1) is 0 Å². The van der Waals surface area contributed by atoms with Gasteiger partial charge in [-0.1, -0.05) is 34.6 Å². The van der Waals surface area contributed by atoms with Gasteiger partial charge < -0.3 is 20.2 Å². The van der Waals surface area contributed by atoms with E-state index in [4.69, 9.17) is 10.9 Å². The fourth-order valence-corrected chi connectivity index (χ4v) is 2.25. The lowest BCUT2D eigenvalue weighted by atomic mass is 10.2. The number of oxime groups is 1. The van der Waals surface area contributed by atoms with E-state index in [-0.39, 0.29) is 28.6 Å². The number of alkyl halides is 9. The molecule has 0 saturated carbocycles. The third-order valence-electron chi connectivity index (χ3n) is 4.09. The molecule has 0 radical (unpaired) electrons. The topological polar surface area (TPSA) is 227 Å². The summed E-state index contributed by atoms with van der Waals surface area (Å²) in [6, 6.07) is 10.5. The molecule has 2 aromatic carbocycles. The molecule has 15 nitrogen and oxygen atoms in total. The summed E-state index contributed by atoms with van der Waals surface area (Å²) in [6.07, 6.45) is -16.0. The van der Waals surface area contributed by atoms with Gasteiger partial charge in [0.15, 0.2) is 5.84 Å². The second-order valence-electron chi connectivity index (χ2n) is 7.19. The molecule has 3 aromatic rings. The zero-order valence-electron chi connectivity index (χ0n) is 20.5. The Bertz CT molecular complexity index is 1510. The van der Waals surface area contributed by atoms with Gasteiger partial charge >= 0.3 is 36.4 Å². The number of non-ortho nitro benzene ring substituents is 2. The highest BCUT2D eigenvalue weighted by Crippen LogP contribution is 2.30. The molecule has 0 amide bonds. The van der Waals surface area contributed by atoms with Crippen molar-refractivity contribution in [3.63, 3.8) is 0 Å². The van der Waals surface area contributed by atoms with Crippen LogP contribution in [0.5, 0.6) is 0 Å². The van der Waals surface area contributed by atoms with Gasteiger partial charge in [-0.2, -0.15) is 44.5 Å². The van der Waals surface area contributed by atoms with E-state index >= 15 is 0 Å². The van der Waals surface area contributed by atoms with Crippen molar-refractivity contribution in [2.24, 2.45) is 10.9 Å². The number of nitrogens with zero attached hydrogens (tertiary/aromatic N) is 5. The maximum absolute atomic E-state index is 12.2. The number of aromatic nitrogens is 2. The second-order valence-corrected chi connectivity index (χ2v) is 7.19. The average molecular weight is 650 g/mol. The number of ether oxygens (including phenoxy) is 1. The fraction of sp³-hybridized carbons (Fsp3) is 0.150. The van der Waals surface area contributed by atoms with Crippen LogP contribution in [0.15, 0.2) is 58.2 Å².